The smallest absolute Gasteiger partial charge is 0.205 e. The number of nitrogens with one attached hydrogen (secondary N) is 1. The van der Waals surface area contributed by atoms with Gasteiger partial charge in [-0.3, -0.25) is 0 Å². The fourth-order valence-electron chi connectivity index (χ4n) is 4.65. The lowest BCUT2D eigenvalue weighted by molar-refractivity contribution is -0.892. The normalized spacial score (nSPS) is 21.3. The van der Waals surface area contributed by atoms with Crippen molar-refractivity contribution >= 4 is 6.08 Å². The molecule has 2 aliphatic rings. The summed E-state index contributed by atoms with van der Waals surface area (Å²) in [6.45, 7) is 4.87. The molecular weight excluding hydrogens is 414 g/mol. The molecule has 0 saturated carbocycles. The van der Waals surface area contributed by atoms with Crippen LogP contribution in [0.1, 0.15) is 30.4 Å². The monoisotopic (exact) mass is 444 g/mol. The maximum atomic E-state index is 9.96. The minimum atomic E-state index is -0.240. The van der Waals surface area contributed by atoms with E-state index in [1.807, 2.05) is 48.5 Å². The Morgan fingerprint density at radius 1 is 1.06 bits per heavy atom. The molecule has 3 N–H and O–H groups in total. The van der Waals surface area contributed by atoms with Gasteiger partial charge in [-0.25, -0.2) is 0 Å². The highest BCUT2D eigenvalue weighted by molar-refractivity contribution is 5.62. The van der Waals surface area contributed by atoms with Crippen LogP contribution in [0.3, 0.4) is 0 Å². The predicted octanol–water partition coefficient (Wildman–Crippen LogP) is 3.16. The summed E-state index contributed by atoms with van der Waals surface area (Å²) in [4.78, 5) is 1.44. The molecule has 0 radical (unpaired) electrons. The first kappa shape index (κ1) is 22.5. The zero-order valence-electron chi connectivity index (χ0n) is 19.4. The average Bonchev–Trinajstić information content (AvgIpc) is 2.84. The van der Waals surface area contributed by atoms with Gasteiger partial charge < -0.3 is 24.8 Å². The van der Waals surface area contributed by atoms with E-state index < -0.39 is 0 Å². The van der Waals surface area contributed by atoms with E-state index in [1.54, 1.807) is 14.2 Å². The second-order valence-corrected chi connectivity index (χ2v) is 8.35. The van der Waals surface area contributed by atoms with Crippen molar-refractivity contribution in [2.45, 2.75) is 19.3 Å². The summed E-state index contributed by atoms with van der Waals surface area (Å²) in [7, 11) is 3.31. The minimum Gasteiger partial charge on any atom is -0.497 e. The van der Waals surface area contributed by atoms with Crippen LogP contribution >= 0.6 is 0 Å². The molecule has 2 heterocycles. The molecule has 2 aromatic rings. The standard InChI is InChI=1S/C27H29N3O3/c1-4-13-30-16-20(14-18-5-9-21(31-2)10-6-18)26-24(17-30)25(23(15-28)27(29)33-26)19-7-11-22(32-3)12-8-19/h5-12,14,25H,4,13,16-17,29H2,1-3H3/p+1/b20-14+/t25-/m0/s1. The van der Waals surface area contributed by atoms with Crippen molar-refractivity contribution in [3.8, 4) is 17.6 Å². The molecule has 0 spiro atoms. The Bertz CT molecular complexity index is 1140. The van der Waals surface area contributed by atoms with Crippen molar-refractivity contribution in [3.05, 3.63) is 88.0 Å². The van der Waals surface area contributed by atoms with Crippen molar-refractivity contribution in [2.24, 2.45) is 5.73 Å². The van der Waals surface area contributed by atoms with Crippen molar-refractivity contribution in [1.82, 2.24) is 0 Å². The van der Waals surface area contributed by atoms with Gasteiger partial charge in [-0.15, -0.1) is 0 Å². The molecule has 0 saturated heterocycles. The second-order valence-electron chi connectivity index (χ2n) is 8.35. The largest absolute Gasteiger partial charge is 0.497 e. The van der Waals surface area contributed by atoms with Gasteiger partial charge >= 0.3 is 0 Å². The first-order chi connectivity index (χ1) is 16.1. The molecule has 1 unspecified atom stereocenters. The van der Waals surface area contributed by atoms with Crippen molar-refractivity contribution < 1.29 is 19.1 Å². The predicted molar refractivity (Wildman–Crippen MR) is 127 cm³/mol. The average molecular weight is 445 g/mol. The summed E-state index contributed by atoms with van der Waals surface area (Å²) in [5.74, 6) is 2.33. The summed E-state index contributed by atoms with van der Waals surface area (Å²) in [6, 6.07) is 18.1. The van der Waals surface area contributed by atoms with Crippen LogP contribution in [0.4, 0.5) is 0 Å². The van der Waals surface area contributed by atoms with E-state index in [0.29, 0.717) is 5.57 Å². The maximum Gasteiger partial charge on any atom is 0.205 e. The van der Waals surface area contributed by atoms with E-state index in [1.165, 1.54) is 4.90 Å². The molecule has 0 bridgehead atoms. The lowest BCUT2D eigenvalue weighted by Crippen LogP contribution is -3.13. The third-order valence-electron chi connectivity index (χ3n) is 6.21. The van der Waals surface area contributed by atoms with E-state index >= 15 is 0 Å². The van der Waals surface area contributed by atoms with E-state index in [4.69, 9.17) is 19.9 Å². The van der Waals surface area contributed by atoms with Crippen molar-refractivity contribution in [1.29, 1.82) is 5.26 Å². The number of nitrogens with two attached hydrogens (primary N) is 1. The zero-order valence-corrected chi connectivity index (χ0v) is 19.4. The molecule has 0 fully saturated rings. The fraction of sp³-hybridized carbons (Fsp3) is 0.296. The Balaban J connectivity index is 1.82. The molecule has 6 heteroatoms. The topological polar surface area (TPSA) is 81.9 Å². The molecular formula is C27H30N3O3+. The van der Waals surface area contributed by atoms with Gasteiger partial charge in [0, 0.05) is 11.1 Å². The van der Waals surface area contributed by atoms with Crippen LogP contribution in [0.25, 0.3) is 6.08 Å². The van der Waals surface area contributed by atoms with Gasteiger partial charge in [-0.05, 0) is 47.9 Å². The number of benzene rings is 2. The highest BCUT2D eigenvalue weighted by Gasteiger charge is 2.39. The Kier molecular flexibility index (Phi) is 6.71. The number of methoxy groups -OCH3 is 2. The number of hydrogen-bond donors (Lipinski definition) is 2. The molecule has 33 heavy (non-hydrogen) atoms. The van der Waals surface area contributed by atoms with Crippen LogP contribution in [0.2, 0.25) is 0 Å². The quantitative estimate of drug-likeness (QED) is 0.715. The van der Waals surface area contributed by atoms with Gasteiger partial charge in [0.15, 0.2) is 0 Å². The second kappa shape index (κ2) is 9.85. The molecule has 170 valence electrons. The lowest BCUT2D eigenvalue weighted by atomic mass is 9.80. The number of nitrogens with zero attached hydrogens (tertiary/aromatic N) is 1. The highest BCUT2D eigenvalue weighted by atomic mass is 16.5. The van der Waals surface area contributed by atoms with Crippen molar-refractivity contribution in [3.63, 3.8) is 0 Å². The number of quaternary nitrogens is 1. The van der Waals surface area contributed by atoms with Crippen LogP contribution < -0.4 is 20.1 Å². The highest BCUT2D eigenvalue weighted by Crippen LogP contribution is 2.42. The van der Waals surface area contributed by atoms with Gasteiger partial charge in [0.2, 0.25) is 5.88 Å². The molecule has 2 aromatic carbocycles. The molecule has 0 aromatic heterocycles. The fourth-order valence-corrected chi connectivity index (χ4v) is 4.65. The number of hydrogen-bond acceptors (Lipinski definition) is 5. The summed E-state index contributed by atoms with van der Waals surface area (Å²) < 4.78 is 16.7. The van der Waals surface area contributed by atoms with E-state index in [2.05, 4.69) is 19.1 Å². The Labute approximate surface area is 195 Å². The lowest BCUT2D eigenvalue weighted by Gasteiger charge is -2.36. The maximum absolute atomic E-state index is 9.96. The number of allylic oxidation sites excluding steroid dienone is 1. The summed E-state index contributed by atoms with van der Waals surface area (Å²) in [5, 5.41) is 9.96. The number of rotatable bonds is 6. The molecule has 0 aliphatic carbocycles. The molecule has 2 aliphatic heterocycles. The molecule has 6 nitrogen and oxygen atoms in total. The Morgan fingerprint density at radius 2 is 1.70 bits per heavy atom. The van der Waals surface area contributed by atoms with Crippen LogP contribution in [0.15, 0.2) is 76.9 Å². The third kappa shape index (κ3) is 4.59. The molecule has 4 rings (SSSR count). The summed E-state index contributed by atoms with van der Waals surface area (Å²) in [5.41, 5.74) is 11.0. The van der Waals surface area contributed by atoms with Gasteiger partial charge in [0.25, 0.3) is 0 Å². The zero-order chi connectivity index (χ0) is 23.4. The van der Waals surface area contributed by atoms with Gasteiger partial charge in [-0.1, -0.05) is 31.2 Å². The van der Waals surface area contributed by atoms with E-state index in [9.17, 15) is 5.26 Å². The first-order valence-corrected chi connectivity index (χ1v) is 11.2. The van der Waals surface area contributed by atoms with E-state index in [0.717, 1.165) is 65.6 Å². The SMILES string of the molecule is CCC[NH+]1CC2=C(OC(N)=C(C#N)[C@@H]2c2ccc(OC)cc2)/C(=C/c2ccc(OC)cc2)C1. The third-order valence-corrected chi connectivity index (χ3v) is 6.21. The van der Waals surface area contributed by atoms with Crippen LogP contribution in [0, 0.1) is 11.3 Å². The van der Waals surface area contributed by atoms with Crippen LogP contribution in [0.5, 0.6) is 11.5 Å². The number of ether oxygens (including phenoxy) is 3. The van der Waals surface area contributed by atoms with Crippen molar-refractivity contribution in [2.75, 3.05) is 33.9 Å². The molecule has 0 amide bonds. The molecule has 2 atom stereocenters. The van der Waals surface area contributed by atoms with Gasteiger partial charge in [0.05, 0.1) is 26.7 Å². The van der Waals surface area contributed by atoms with Crippen LogP contribution in [-0.4, -0.2) is 33.9 Å². The Hall–Kier alpha value is -3.69. The van der Waals surface area contributed by atoms with E-state index in [-0.39, 0.29) is 11.8 Å². The summed E-state index contributed by atoms with van der Waals surface area (Å²) >= 11 is 0. The van der Waals surface area contributed by atoms with Crippen LogP contribution in [-0.2, 0) is 4.74 Å². The Morgan fingerprint density at radius 3 is 2.27 bits per heavy atom. The van der Waals surface area contributed by atoms with Gasteiger partial charge in [-0.2, -0.15) is 5.26 Å². The van der Waals surface area contributed by atoms with Gasteiger partial charge in [0.1, 0.15) is 42.0 Å². The number of nitriles is 1. The minimum absolute atomic E-state index is 0.177. The summed E-state index contributed by atoms with van der Waals surface area (Å²) in [6.07, 6.45) is 3.23. The first-order valence-electron chi connectivity index (χ1n) is 11.2.